The molecule has 0 radical (unpaired) electrons. The maximum Gasteiger partial charge on any atom is 0.411 e. The van der Waals surface area contributed by atoms with Crippen LogP contribution < -0.4 is 14.8 Å². The first-order chi connectivity index (χ1) is 18.4. The predicted octanol–water partition coefficient (Wildman–Crippen LogP) is 5.55. The Morgan fingerprint density at radius 3 is 2.59 bits per heavy atom. The van der Waals surface area contributed by atoms with Crippen LogP contribution >= 0.6 is 11.6 Å². The van der Waals surface area contributed by atoms with Gasteiger partial charge in [0.15, 0.2) is 17.3 Å². The minimum absolute atomic E-state index is 0.00541. The molecule has 10 nitrogen and oxygen atoms in total. The van der Waals surface area contributed by atoms with Crippen molar-refractivity contribution in [3.05, 3.63) is 47.2 Å². The number of carboxylic acid groups (broad SMARTS) is 1. The molecule has 3 aromatic rings. The minimum atomic E-state index is -1.18. The molecule has 1 aliphatic rings. The summed E-state index contributed by atoms with van der Waals surface area (Å²) in [5.41, 5.74) is -0.436. The number of hydrogen-bond donors (Lipinski definition) is 2. The number of likely N-dealkylation sites (tertiary alicyclic amines) is 1. The first-order valence-electron chi connectivity index (χ1n) is 12.0. The highest BCUT2D eigenvalue weighted by molar-refractivity contribution is 6.31. The number of aromatic nitrogens is 2. The van der Waals surface area contributed by atoms with Gasteiger partial charge in [-0.1, -0.05) is 11.6 Å². The number of piperidine rings is 1. The van der Waals surface area contributed by atoms with Gasteiger partial charge in [0, 0.05) is 30.8 Å². The van der Waals surface area contributed by atoms with Crippen LogP contribution in [0.2, 0.25) is 5.02 Å². The number of aliphatic carboxylic acids is 1. The number of halogens is 3. The molecule has 13 heteroatoms. The summed E-state index contributed by atoms with van der Waals surface area (Å²) in [5, 5.41) is 12.4. The summed E-state index contributed by atoms with van der Waals surface area (Å²) in [4.78, 5) is 34.2. The quantitative estimate of drug-likeness (QED) is 0.371. The molecule has 208 valence electrons. The van der Waals surface area contributed by atoms with Crippen LogP contribution in [-0.2, 0) is 9.53 Å². The van der Waals surface area contributed by atoms with E-state index in [1.54, 1.807) is 32.9 Å². The topological polar surface area (TPSA) is 123 Å². The molecule has 1 fully saturated rings. The molecule has 2 heterocycles. The summed E-state index contributed by atoms with van der Waals surface area (Å²) >= 11 is 5.70. The lowest BCUT2D eigenvalue weighted by Crippen LogP contribution is -2.53. The van der Waals surface area contributed by atoms with Crippen LogP contribution in [-0.4, -0.2) is 63.4 Å². The first-order valence-corrected chi connectivity index (χ1v) is 12.4. The molecule has 0 bridgehead atoms. The summed E-state index contributed by atoms with van der Waals surface area (Å²) in [7, 11) is 1.44. The lowest BCUT2D eigenvalue weighted by Gasteiger charge is -2.37. The number of fused-ring (bicyclic) bond motifs is 1. The molecular weight excluding hydrogens is 538 g/mol. The third-order valence-corrected chi connectivity index (χ3v) is 6.32. The average molecular weight is 565 g/mol. The number of carboxylic acids is 1. The van der Waals surface area contributed by atoms with E-state index in [-0.39, 0.29) is 30.2 Å². The molecule has 0 spiro atoms. The van der Waals surface area contributed by atoms with Crippen LogP contribution in [0.15, 0.2) is 30.6 Å². The summed E-state index contributed by atoms with van der Waals surface area (Å²) in [6.07, 6.45) is 0.311. The number of carbonyl (C=O) groups excluding carboxylic acids is 1. The van der Waals surface area contributed by atoms with Crippen molar-refractivity contribution in [2.24, 2.45) is 0 Å². The van der Waals surface area contributed by atoms with Crippen molar-refractivity contribution in [2.75, 3.05) is 19.0 Å². The highest BCUT2D eigenvalue weighted by Crippen LogP contribution is 2.37. The highest BCUT2D eigenvalue weighted by Gasteiger charge is 2.39. The summed E-state index contributed by atoms with van der Waals surface area (Å²) < 4.78 is 45.1. The second-order valence-electron chi connectivity index (χ2n) is 9.88. The number of rotatable bonds is 6. The molecule has 0 saturated carbocycles. The molecule has 4 rings (SSSR count). The molecule has 2 atom stereocenters. The molecule has 2 aromatic carbocycles. The highest BCUT2D eigenvalue weighted by atomic mass is 35.5. The zero-order valence-electron chi connectivity index (χ0n) is 21.6. The smallest absolute Gasteiger partial charge is 0.411 e. The Morgan fingerprint density at radius 2 is 1.92 bits per heavy atom. The van der Waals surface area contributed by atoms with Gasteiger partial charge in [0.2, 0.25) is 0 Å². The van der Waals surface area contributed by atoms with Gasteiger partial charge in [-0.25, -0.2) is 28.3 Å². The van der Waals surface area contributed by atoms with Crippen LogP contribution in [0.4, 0.5) is 25.1 Å². The van der Waals surface area contributed by atoms with E-state index in [4.69, 9.17) is 25.8 Å². The molecule has 39 heavy (non-hydrogen) atoms. The van der Waals surface area contributed by atoms with E-state index in [1.165, 1.54) is 24.4 Å². The second-order valence-corrected chi connectivity index (χ2v) is 10.3. The third-order valence-electron chi connectivity index (χ3n) is 5.97. The maximum absolute atomic E-state index is 14.5. The van der Waals surface area contributed by atoms with E-state index in [0.29, 0.717) is 23.1 Å². The van der Waals surface area contributed by atoms with Crippen LogP contribution in [0.1, 0.15) is 33.6 Å². The van der Waals surface area contributed by atoms with E-state index in [1.807, 2.05) is 0 Å². The van der Waals surface area contributed by atoms with Crippen molar-refractivity contribution in [3.8, 4) is 11.5 Å². The lowest BCUT2D eigenvalue weighted by molar-refractivity contribution is -0.145. The van der Waals surface area contributed by atoms with E-state index < -0.39 is 46.5 Å². The van der Waals surface area contributed by atoms with E-state index in [2.05, 4.69) is 15.3 Å². The van der Waals surface area contributed by atoms with Gasteiger partial charge in [-0.3, -0.25) is 4.90 Å². The lowest BCUT2D eigenvalue weighted by atomic mass is 9.99. The van der Waals surface area contributed by atoms with Crippen molar-refractivity contribution in [1.29, 1.82) is 0 Å². The van der Waals surface area contributed by atoms with Crippen molar-refractivity contribution >= 4 is 46.1 Å². The zero-order chi connectivity index (χ0) is 28.5. The van der Waals surface area contributed by atoms with Gasteiger partial charge in [0.25, 0.3) is 0 Å². The van der Waals surface area contributed by atoms with Crippen LogP contribution in [0.3, 0.4) is 0 Å². The van der Waals surface area contributed by atoms with Crippen molar-refractivity contribution in [3.63, 3.8) is 0 Å². The third kappa shape index (κ3) is 6.22. The Bertz CT molecular complexity index is 1420. The molecule has 0 aliphatic carbocycles. The molecular formula is C26H27ClF2N4O6. The SMILES string of the molecule is COc1cc2ncnc(Nc3ccc(F)c(Cl)c3F)c2cc1O[C@H]1CCN(C(=O)OC(C)(C)C)[C@H](C(=O)O)C1. The van der Waals surface area contributed by atoms with E-state index in [9.17, 15) is 23.5 Å². The standard InChI is InChI=1S/C26H27ClF2N4O6/c1-26(2,3)39-25(36)33-8-7-13(9-18(33)24(34)35)38-20-10-14-17(11-19(20)37-4)30-12-31-23(14)32-16-6-5-15(28)21(27)22(16)29/h5-6,10-13,18H,7-9H2,1-4H3,(H,34,35)(H,30,31,32)/t13-,18-/m0/s1. The van der Waals surface area contributed by atoms with Gasteiger partial charge >= 0.3 is 12.1 Å². The second kappa shape index (κ2) is 11.0. The van der Waals surface area contributed by atoms with Gasteiger partial charge in [-0.2, -0.15) is 0 Å². The zero-order valence-corrected chi connectivity index (χ0v) is 22.4. The normalized spacial score (nSPS) is 17.6. The largest absolute Gasteiger partial charge is 0.493 e. The number of amides is 1. The van der Waals surface area contributed by atoms with Crippen LogP contribution in [0.5, 0.6) is 11.5 Å². The van der Waals surface area contributed by atoms with Gasteiger partial charge < -0.3 is 24.6 Å². The number of anilines is 2. The molecule has 1 aromatic heterocycles. The van der Waals surface area contributed by atoms with Crippen LogP contribution in [0.25, 0.3) is 10.9 Å². The van der Waals surface area contributed by atoms with E-state index >= 15 is 0 Å². The Morgan fingerprint density at radius 1 is 1.18 bits per heavy atom. The minimum Gasteiger partial charge on any atom is -0.493 e. The molecule has 0 unspecified atom stereocenters. The fourth-order valence-corrected chi connectivity index (χ4v) is 4.32. The fraction of sp³-hybridized carbons (Fsp3) is 0.385. The Hall–Kier alpha value is -3.93. The van der Waals surface area contributed by atoms with Gasteiger partial charge in [0.05, 0.1) is 18.3 Å². The first kappa shape index (κ1) is 28.1. The monoisotopic (exact) mass is 564 g/mol. The molecule has 1 saturated heterocycles. The van der Waals surface area contributed by atoms with E-state index in [0.717, 1.165) is 6.07 Å². The summed E-state index contributed by atoms with van der Waals surface area (Å²) in [6, 6.07) is 4.23. The Labute approximate surface area is 227 Å². The van der Waals surface area contributed by atoms with Crippen molar-refractivity contribution in [2.45, 2.75) is 51.4 Å². The number of hydrogen-bond acceptors (Lipinski definition) is 8. The maximum atomic E-state index is 14.5. The average Bonchev–Trinajstić information content (AvgIpc) is 2.87. The van der Waals surface area contributed by atoms with Gasteiger partial charge in [-0.15, -0.1) is 0 Å². The molecule has 2 N–H and O–H groups in total. The Balaban J connectivity index is 1.61. The summed E-state index contributed by atoms with van der Waals surface area (Å²) in [6.45, 7) is 5.21. The fourth-order valence-electron chi connectivity index (χ4n) is 4.16. The van der Waals surface area contributed by atoms with Crippen LogP contribution in [0, 0.1) is 11.6 Å². The van der Waals surface area contributed by atoms with Gasteiger partial charge in [0.1, 0.15) is 40.7 Å². The number of benzene rings is 2. The molecule has 1 aliphatic heterocycles. The molecule has 1 amide bonds. The van der Waals surface area contributed by atoms with Crippen molar-refractivity contribution in [1.82, 2.24) is 14.9 Å². The Kier molecular flexibility index (Phi) is 7.96. The number of nitrogens with zero attached hydrogens (tertiary/aromatic N) is 3. The number of carbonyl (C=O) groups is 2. The number of ether oxygens (including phenoxy) is 3. The number of methoxy groups -OCH3 is 1. The van der Waals surface area contributed by atoms with Crippen molar-refractivity contribution < 1.29 is 37.7 Å². The summed E-state index contributed by atoms with van der Waals surface area (Å²) in [5.74, 6) is -2.28. The van der Waals surface area contributed by atoms with Gasteiger partial charge in [-0.05, 0) is 39.0 Å². The number of nitrogens with one attached hydrogen (secondary N) is 1. The predicted molar refractivity (Wildman–Crippen MR) is 139 cm³/mol.